The van der Waals surface area contributed by atoms with Crippen LogP contribution in [-0.2, 0) is 12.8 Å². The van der Waals surface area contributed by atoms with Crippen LogP contribution in [0.4, 0.5) is 0 Å². The normalized spacial score (nSPS) is 12.5. The molecule has 0 unspecified atom stereocenters. The third-order valence-electron chi connectivity index (χ3n) is 6.11. The zero-order valence-electron chi connectivity index (χ0n) is 19.2. The Morgan fingerprint density at radius 2 is 1.33 bits per heavy atom. The lowest BCUT2D eigenvalue weighted by Gasteiger charge is -2.22. The summed E-state index contributed by atoms with van der Waals surface area (Å²) in [5.74, 6) is 0.509. The zero-order valence-corrected chi connectivity index (χ0v) is 19.2. The van der Waals surface area contributed by atoms with Gasteiger partial charge in [-0.15, -0.1) is 0 Å². The van der Waals surface area contributed by atoms with Crippen molar-refractivity contribution >= 4 is 0 Å². The number of phenolic OH excluding ortho intramolecular Hbond substituents is 1. The highest BCUT2D eigenvalue weighted by atomic mass is 16.3. The number of hydrogen-bond donors (Lipinski definition) is 1. The van der Waals surface area contributed by atoms with Gasteiger partial charge in [-0.25, -0.2) is 0 Å². The van der Waals surface area contributed by atoms with Gasteiger partial charge >= 0.3 is 0 Å². The Hall–Kier alpha value is -0.980. The zero-order chi connectivity index (χ0) is 20.3. The number of rotatable bonds is 13. The smallest absolute Gasteiger partial charge is 0.119 e. The molecule has 0 spiro atoms. The fraction of sp³-hybridized carbons (Fsp3) is 0.769. The standard InChI is InChI=1S/C26H46O/c1-7-26(5,6)21-14-9-8-12-18-23-22(17-15-19-24(23)27)16-11-10-13-20-25(2,3)4/h15,17,19,27H,7-14,16,18,20-21H2,1-6H3. The lowest BCUT2D eigenvalue weighted by atomic mass is 9.84. The Bertz CT molecular complexity index is 522. The van der Waals surface area contributed by atoms with Gasteiger partial charge in [0, 0.05) is 0 Å². The molecule has 0 bridgehead atoms. The van der Waals surface area contributed by atoms with E-state index >= 15 is 0 Å². The van der Waals surface area contributed by atoms with Crippen molar-refractivity contribution in [3.05, 3.63) is 29.3 Å². The molecule has 27 heavy (non-hydrogen) atoms. The van der Waals surface area contributed by atoms with Crippen LogP contribution in [0.15, 0.2) is 18.2 Å². The van der Waals surface area contributed by atoms with Crippen molar-refractivity contribution in [2.24, 2.45) is 10.8 Å². The van der Waals surface area contributed by atoms with Gasteiger partial charge in [0.1, 0.15) is 5.75 Å². The molecule has 0 aliphatic heterocycles. The van der Waals surface area contributed by atoms with Crippen LogP contribution in [0.25, 0.3) is 0 Å². The van der Waals surface area contributed by atoms with E-state index < -0.39 is 0 Å². The van der Waals surface area contributed by atoms with Crippen LogP contribution >= 0.6 is 0 Å². The third-order valence-corrected chi connectivity index (χ3v) is 6.11. The summed E-state index contributed by atoms with van der Waals surface area (Å²) in [5, 5.41) is 10.3. The maximum Gasteiger partial charge on any atom is 0.119 e. The second-order valence-corrected chi connectivity index (χ2v) is 10.5. The number of phenols is 1. The molecule has 1 rings (SSSR count). The first kappa shape index (κ1) is 24.1. The molecule has 0 saturated heterocycles. The molecule has 1 aromatic rings. The average Bonchev–Trinajstić information content (AvgIpc) is 2.58. The maximum atomic E-state index is 10.3. The number of unbranched alkanes of at least 4 members (excludes halogenated alkanes) is 5. The first-order valence-electron chi connectivity index (χ1n) is 11.4. The predicted octanol–water partition coefficient (Wildman–Crippen LogP) is 8.47. The molecular formula is C26H46O. The molecule has 1 N–H and O–H groups in total. The Morgan fingerprint density at radius 3 is 2.00 bits per heavy atom. The summed E-state index contributed by atoms with van der Waals surface area (Å²) in [6.45, 7) is 14.0. The van der Waals surface area contributed by atoms with Gasteiger partial charge in [-0.1, -0.05) is 92.2 Å². The topological polar surface area (TPSA) is 20.2 Å². The van der Waals surface area contributed by atoms with E-state index in [9.17, 15) is 5.11 Å². The minimum absolute atomic E-state index is 0.447. The summed E-state index contributed by atoms with van der Waals surface area (Å²) in [6, 6.07) is 6.10. The summed E-state index contributed by atoms with van der Waals surface area (Å²) in [5.41, 5.74) is 3.53. The SMILES string of the molecule is CCC(C)(C)CCCCCCc1c(O)cccc1CCCCCC(C)(C)C. The number of benzene rings is 1. The second kappa shape index (κ2) is 11.8. The summed E-state index contributed by atoms with van der Waals surface area (Å²) in [7, 11) is 0. The van der Waals surface area contributed by atoms with Crippen LogP contribution in [0.1, 0.15) is 117 Å². The largest absolute Gasteiger partial charge is 0.508 e. The van der Waals surface area contributed by atoms with E-state index in [1.807, 2.05) is 12.1 Å². The van der Waals surface area contributed by atoms with E-state index in [0.717, 1.165) is 12.8 Å². The van der Waals surface area contributed by atoms with Crippen LogP contribution < -0.4 is 0 Å². The molecule has 0 aromatic heterocycles. The van der Waals surface area contributed by atoms with Gasteiger partial charge in [0.05, 0.1) is 0 Å². The minimum Gasteiger partial charge on any atom is -0.508 e. The second-order valence-electron chi connectivity index (χ2n) is 10.5. The monoisotopic (exact) mass is 374 g/mol. The average molecular weight is 375 g/mol. The third kappa shape index (κ3) is 10.8. The highest BCUT2D eigenvalue weighted by molar-refractivity contribution is 5.39. The molecule has 1 nitrogen and oxygen atoms in total. The highest BCUT2D eigenvalue weighted by Gasteiger charge is 2.14. The van der Waals surface area contributed by atoms with E-state index in [0.29, 0.717) is 16.6 Å². The van der Waals surface area contributed by atoms with E-state index in [4.69, 9.17) is 0 Å². The summed E-state index contributed by atoms with van der Waals surface area (Å²) in [6.07, 6.45) is 15.0. The molecule has 1 heteroatoms. The van der Waals surface area contributed by atoms with Crippen molar-refractivity contribution in [1.29, 1.82) is 0 Å². The van der Waals surface area contributed by atoms with Crippen LogP contribution in [0.3, 0.4) is 0 Å². The van der Waals surface area contributed by atoms with Crippen LogP contribution in [0.5, 0.6) is 5.75 Å². The minimum atomic E-state index is 0.447. The molecule has 0 radical (unpaired) electrons. The van der Waals surface area contributed by atoms with Gasteiger partial charge in [-0.3, -0.25) is 0 Å². The molecule has 156 valence electrons. The van der Waals surface area contributed by atoms with E-state index in [2.05, 4.69) is 47.6 Å². The van der Waals surface area contributed by atoms with Crippen molar-refractivity contribution < 1.29 is 5.11 Å². The van der Waals surface area contributed by atoms with Gasteiger partial charge in [0.25, 0.3) is 0 Å². The van der Waals surface area contributed by atoms with Gasteiger partial charge in [0.15, 0.2) is 0 Å². The molecule has 0 amide bonds. The number of aromatic hydroxyl groups is 1. The van der Waals surface area contributed by atoms with Crippen LogP contribution in [-0.4, -0.2) is 5.11 Å². The summed E-state index contributed by atoms with van der Waals surface area (Å²) in [4.78, 5) is 0. The first-order chi connectivity index (χ1) is 12.6. The van der Waals surface area contributed by atoms with Crippen molar-refractivity contribution in [2.45, 2.75) is 119 Å². The molecule has 0 heterocycles. The predicted molar refractivity (Wildman–Crippen MR) is 121 cm³/mol. The van der Waals surface area contributed by atoms with Crippen molar-refractivity contribution in [2.75, 3.05) is 0 Å². The molecule has 0 atom stereocenters. The molecule has 0 aliphatic rings. The summed E-state index contributed by atoms with van der Waals surface area (Å²) >= 11 is 0. The van der Waals surface area contributed by atoms with Gasteiger partial charge in [-0.05, 0) is 66.5 Å². The highest BCUT2D eigenvalue weighted by Crippen LogP contribution is 2.29. The van der Waals surface area contributed by atoms with Gasteiger partial charge < -0.3 is 5.11 Å². The van der Waals surface area contributed by atoms with Crippen LogP contribution in [0, 0.1) is 10.8 Å². The fourth-order valence-corrected chi connectivity index (χ4v) is 3.73. The van der Waals surface area contributed by atoms with Crippen molar-refractivity contribution in [3.63, 3.8) is 0 Å². The fourth-order valence-electron chi connectivity index (χ4n) is 3.73. The van der Waals surface area contributed by atoms with E-state index in [1.165, 1.54) is 75.3 Å². The lowest BCUT2D eigenvalue weighted by molar-refractivity contribution is 0.307. The van der Waals surface area contributed by atoms with E-state index in [1.54, 1.807) is 0 Å². The van der Waals surface area contributed by atoms with Crippen molar-refractivity contribution in [3.8, 4) is 5.75 Å². The molecule has 0 fully saturated rings. The lowest BCUT2D eigenvalue weighted by Crippen LogP contribution is -2.08. The summed E-state index contributed by atoms with van der Waals surface area (Å²) < 4.78 is 0. The number of aryl methyl sites for hydroxylation is 1. The Balaban J connectivity index is 2.36. The van der Waals surface area contributed by atoms with Gasteiger partial charge in [-0.2, -0.15) is 0 Å². The molecule has 1 aromatic carbocycles. The van der Waals surface area contributed by atoms with Crippen LogP contribution in [0.2, 0.25) is 0 Å². The van der Waals surface area contributed by atoms with Crippen molar-refractivity contribution in [1.82, 2.24) is 0 Å². The van der Waals surface area contributed by atoms with E-state index in [-0.39, 0.29) is 0 Å². The Kier molecular flexibility index (Phi) is 10.5. The first-order valence-corrected chi connectivity index (χ1v) is 11.4. The number of hydrogen-bond acceptors (Lipinski definition) is 1. The maximum absolute atomic E-state index is 10.3. The Morgan fingerprint density at radius 1 is 0.741 bits per heavy atom. The Labute approximate surface area is 170 Å². The quantitative estimate of drug-likeness (QED) is 0.343. The molecule has 0 saturated carbocycles. The molecule has 0 aliphatic carbocycles. The van der Waals surface area contributed by atoms with Gasteiger partial charge in [0.2, 0.25) is 0 Å². The molecular weight excluding hydrogens is 328 g/mol.